The average molecular weight is 2320 g/mol. The van der Waals surface area contributed by atoms with Gasteiger partial charge in [0.1, 0.15) is 61.9 Å². The number of anilines is 2. The van der Waals surface area contributed by atoms with Crippen LogP contribution in [0.5, 0.6) is 0 Å². The maximum absolute atomic E-state index is 13.2. The van der Waals surface area contributed by atoms with E-state index in [2.05, 4.69) is 74.3 Å². The third-order valence-electron chi connectivity index (χ3n) is 20.0. The molecule has 8 N–H and O–H groups in total. The Hall–Kier alpha value is -12.8. The number of Topliss-reactive ketones (excluding diaryl/α,β-unsaturated/α-hetero) is 4. The Morgan fingerprint density at radius 2 is 0.787 bits per heavy atom. The van der Waals surface area contributed by atoms with E-state index in [9.17, 15) is 76.3 Å². The number of hydrogen-bond acceptors (Lipinski definition) is 40. The fraction of sp³-hybridized carbons (Fsp3) is 0.438. The summed E-state index contributed by atoms with van der Waals surface area (Å²) in [5.41, 5.74) is 26.6. The summed E-state index contributed by atoms with van der Waals surface area (Å²) in [5.74, 6) is -6.76. The van der Waals surface area contributed by atoms with Crippen LogP contribution >= 0.6 is 119 Å². The highest BCUT2D eigenvalue weighted by atomic mass is 79.9. The van der Waals surface area contributed by atoms with Gasteiger partial charge in [0.05, 0.1) is 75.4 Å². The van der Waals surface area contributed by atoms with E-state index in [0.717, 1.165) is 102 Å². The first-order valence-corrected chi connectivity index (χ1v) is 53.5. The van der Waals surface area contributed by atoms with Crippen LogP contribution in [-0.4, -0.2) is 297 Å². The van der Waals surface area contributed by atoms with E-state index >= 15 is 0 Å². The number of thiazole rings is 7. The Morgan fingerprint density at radius 3 is 1.10 bits per heavy atom. The van der Waals surface area contributed by atoms with Crippen LogP contribution in [-0.2, 0) is 73.0 Å². The first-order valence-electron chi connectivity index (χ1n) is 45.8. The number of likely N-dealkylation sites (N-methyl/N-ethyl adjacent to an activating group) is 3. The van der Waals surface area contributed by atoms with Crippen LogP contribution in [0.2, 0.25) is 0 Å². The fourth-order valence-corrected chi connectivity index (χ4v) is 20.0. The van der Waals surface area contributed by atoms with Gasteiger partial charge in [-0.15, -0.1) is 22.9 Å². The zero-order valence-corrected chi connectivity index (χ0v) is 95.4. The quantitative estimate of drug-likeness (QED) is 0.00494. The van der Waals surface area contributed by atoms with E-state index < -0.39 is 58.4 Å². The number of thiocarbonyl (C=S) groups is 1. The van der Waals surface area contributed by atoms with Gasteiger partial charge in [-0.05, 0) is 185 Å². The summed E-state index contributed by atoms with van der Waals surface area (Å²) in [7, 11) is 9.10. The minimum atomic E-state index is -1.14. The van der Waals surface area contributed by atoms with Crippen molar-refractivity contribution in [3.05, 3.63) is 176 Å². The van der Waals surface area contributed by atoms with Crippen molar-refractivity contribution in [3.8, 4) is 0 Å². The van der Waals surface area contributed by atoms with E-state index in [0.29, 0.717) is 141 Å². The van der Waals surface area contributed by atoms with Crippen molar-refractivity contribution in [1.82, 2.24) is 71.5 Å². The smallest absolute Gasteiger partial charge is 0.350 e. The highest BCUT2D eigenvalue weighted by molar-refractivity contribution is 9.09. The number of hydrogen-bond donors (Lipinski definition) is 4. The predicted molar refractivity (Wildman–Crippen MR) is 583 cm³/mol. The molecule has 1 fully saturated rings. The molecule has 0 spiro atoms. The molecule has 4 amide bonds. The lowest BCUT2D eigenvalue weighted by atomic mass is 9.90. The maximum Gasteiger partial charge on any atom is 0.350 e. The number of nitrogens with two attached hydrogens (primary N) is 4. The number of benzene rings is 1. The monoisotopic (exact) mass is 2320 g/mol. The molecule has 1 atom stereocenters. The van der Waals surface area contributed by atoms with Crippen molar-refractivity contribution in [2.45, 2.75) is 156 Å². The predicted octanol–water partition coefficient (Wildman–Crippen LogP) is 14.7. The van der Waals surface area contributed by atoms with Gasteiger partial charge in [0, 0.05) is 122 Å². The molecule has 12 aromatic heterocycles. The van der Waals surface area contributed by atoms with Crippen LogP contribution in [0.4, 0.5) is 14.7 Å². The summed E-state index contributed by atoms with van der Waals surface area (Å²) < 4.78 is 65.8. The third-order valence-corrected chi connectivity index (χ3v) is 28.7. The zero-order chi connectivity index (χ0) is 112. The number of ketones is 4. The Kier molecular flexibility index (Phi) is 54.7. The molecule has 818 valence electrons. The number of alkyl halides is 2. The van der Waals surface area contributed by atoms with E-state index in [1.165, 1.54) is 117 Å². The van der Waals surface area contributed by atoms with E-state index in [-0.39, 0.29) is 97.1 Å². The Balaban J connectivity index is 0.000000359. The van der Waals surface area contributed by atoms with Crippen LogP contribution in [0.15, 0.2) is 73.6 Å². The van der Waals surface area contributed by atoms with Gasteiger partial charge in [0.2, 0.25) is 0 Å². The number of imidazole rings is 4. The summed E-state index contributed by atoms with van der Waals surface area (Å²) in [6.07, 6.45) is 12.4. The molecule has 43 nitrogen and oxygen atoms in total. The fourth-order valence-electron chi connectivity index (χ4n) is 13.0. The Labute approximate surface area is 912 Å². The van der Waals surface area contributed by atoms with Gasteiger partial charge < -0.3 is 89.6 Å². The van der Waals surface area contributed by atoms with Gasteiger partial charge in [-0.2, -0.15) is 0 Å². The molecule has 0 aliphatic carbocycles. The molecule has 0 radical (unpaired) electrons. The van der Waals surface area contributed by atoms with Gasteiger partial charge in [-0.1, -0.05) is 104 Å². The number of fused-ring (bicyclic) bond motifs is 5. The number of carbonyl (C=O) groups excluding carboxylic acids is 15. The number of ether oxygens (including phenoxy) is 9. The molecule has 1 unspecified atom stereocenters. The second kappa shape index (κ2) is 63.3. The second-order valence-electron chi connectivity index (χ2n) is 31.2. The van der Waals surface area contributed by atoms with Crippen molar-refractivity contribution in [1.29, 1.82) is 0 Å². The summed E-state index contributed by atoms with van der Waals surface area (Å²) in [6, 6.07) is 10.0. The van der Waals surface area contributed by atoms with Crippen LogP contribution in [0, 0.1) is 60.2 Å². The molecular formula is C96H126BrClFN19O24S8. The summed E-state index contributed by atoms with van der Waals surface area (Å²) in [5, 5.41) is 0.403. The summed E-state index contributed by atoms with van der Waals surface area (Å²) >= 11 is 21.3. The van der Waals surface area contributed by atoms with Gasteiger partial charge >= 0.3 is 41.8 Å². The normalized spacial score (nSPS) is 11.3. The number of rotatable bonds is 29. The number of piperidine rings is 1. The highest BCUT2D eigenvalue weighted by Crippen LogP contribution is 2.33. The van der Waals surface area contributed by atoms with Gasteiger partial charge in [0.15, 0.2) is 52.7 Å². The highest BCUT2D eigenvalue weighted by Gasteiger charge is 2.33. The van der Waals surface area contributed by atoms with Crippen molar-refractivity contribution >= 4 is 248 Å². The Bertz CT molecular complexity index is 6530. The van der Waals surface area contributed by atoms with Gasteiger partial charge in [-0.3, -0.25) is 56.0 Å². The van der Waals surface area contributed by atoms with Crippen LogP contribution in [0.25, 0.3) is 24.7 Å². The number of nitrogen functional groups attached to an aromatic ring is 2. The maximum atomic E-state index is 13.2. The molecule has 1 aliphatic rings. The number of aromatic nitrogens is 11. The number of esters is 7. The molecule has 0 bridgehead atoms. The molecule has 13 aromatic rings. The number of amides is 4. The first-order chi connectivity index (χ1) is 70.5. The number of aryl methyl sites for hydroxylation is 7. The van der Waals surface area contributed by atoms with Crippen molar-refractivity contribution in [2.24, 2.45) is 17.4 Å². The lowest BCUT2D eigenvalue weighted by Gasteiger charge is -2.32. The number of likely N-dealkylation sites (tertiary alicyclic amines) is 1. The molecule has 14 rings (SSSR count). The minimum Gasteiger partial charge on any atom is -0.465 e. The average Bonchev–Trinajstić information content (AvgIpc) is 1.61. The van der Waals surface area contributed by atoms with Crippen LogP contribution < -0.4 is 22.9 Å². The molecule has 1 saturated heterocycles. The lowest BCUT2D eigenvalue weighted by Crippen LogP contribution is -2.38. The number of halogens is 3. The summed E-state index contributed by atoms with van der Waals surface area (Å²) in [6.45, 7) is 34.9. The third kappa shape index (κ3) is 36.2. The van der Waals surface area contributed by atoms with E-state index in [4.69, 9.17) is 61.0 Å². The summed E-state index contributed by atoms with van der Waals surface area (Å²) in [4.78, 5) is 213. The van der Waals surface area contributed by atoms with Crippen LogP contribution in [0.1, 0.15) is 234 Å². The first kappa shape index (κ1) is 129. The lowest BCUT2D eigenvalue weighted by molar-refractivity contribution is -0.144. The Morgan fingerprint density at radius 1 is 0.453 bits per heavy atom. The van der Waals surface area contributed by atoms with Gasteiger partial charge in [-0.25, -0.2) is 67.9 Å². The zero-order valence-electron chi connectivity index (χ0n) is 86.5. The van der Waals surface area contributed by atoms with Crippen molar-refractivity contribution in [3.63, 3.8) is 0 Å². The van der Waals surface area contributed by atoms with E-state index in [1.807, 2.05) is 72.8 Å². The minimum absolute atomic E-state index is 0. The van der Waals surface area contributed by atoms with E-state index in [1.54, 1.807) is 119 Å². The molecule has 1 aromatic carbocycles. The molecule has 150 heavy (non-hydrogen) atoms. The van der Waals surface area contributed by atoms with Crippen molar-refractivity contribution in [2.75, 3.05) is 132 Å². The second-order valence-corrected chi connectivity index (χ2v) is 39.7. The largest absolute Gasteiger partial charge is 0.465 e. The number of carbonyl (C=O) groups is 15. The molecule has 1 aliphatic heterocycles. The van der Waals surface area contributed by atoms with Gasteiger partial charge in [0.25, 0.3) is 41.0 Å². The topological polar surface area (TPSA) is 556 Å². The molecule has 13 heterocycles. The van der Waals surface area contributed by atoms with Crippen molar-refractivity contribution < 1.29 is 119 Å². The number of nitrogens with zero attached hydrogens (tertiary/aromatic N) is 15. The van der Waals surface area contributed by atoms with Crippen LogP contribution in [0.3, 0.4) is 0 Å². The SMILES string of the molecule is C.CCOC(=O)C(Cl)C(C)=O.CCOC(=O)c1sc(N)nc1C.CCOC(=O)c1sc(N)nc1C.CCOC(=O)c1sc2ncc(C(=O)C(=O)N(C)C)n2c1C.CCOC(=O)c1sc2ncc(C(=O)C(=O)N(C)C)n2c1C.CCOC(=O)c1sc2nccn2c1C.CCOC(=O)c1sc2nccn2c1C.CCOC(CBr)OCC.Cc1c(C(=O)N2CCC(Cc3ccc(F)cc3)CC2)sc2ccc(C(=O)C(=O)N(C)C)n12.NC(N)=S. The molecular weight excluding hydrogens is 2190 g/mol. The molecule has 54 heteroatoms. The standard InChI is InChI=1S/C24H26FN3O3S.2C13H15N3O4S.2C9H10N2O2S.2C7H10N2O2S.C6H13BrO2.C6H9ClO3.CH4N2S.CH4/c1-15-22(32-20-9-8-19(28(15)20)21(29)23(30)26(2)3)24(31)27-12-10-17(11-13-27)14-16-4-6-18(25)7-5-16;2*1-5-20-12(19)10-7(2)16-8(6-14-13(16)21-10)9(17)11(18)15(3)4;2*1-3-13-8(12)7-6(2)11-5-4-10-9(11)14-7;2*1-3-11-6(10)5-4(2)9-7(8)12-5;1-3-8-6(5-7)9-4-2;1-3-10-6(9)5(7)4(2)8;2-1(3)4;/h4-9,17H,10-14H2,1-3H3;2*6H,5H2,1-4H3;2*4-5H,3H2,1-2H3;2*3H2,1-2H3,(H2,8,9);6H,3-5H2,1-2H3;5H,3H2,1-2H3;(H4,2,3,4);1H4. The molecule has 0 saturated carbocycles.